The summed E-state index contributed by atoms with van der Waals surface area (Å²) in [5.41, 5.74) is 3.35. The van der Waals surface area contributed by atoms with E-state index in [-0.39, 0.29) is 34.2 Å². The number of rotatable bonds is 5. The summed E-state index contributed by atoms with van der Waals surface area (Å²) in [6.45, 7) is 3.92. The standard InChI is InChI=1S/C24H20N2O4S/c1-14-7-9-19(15(2)11-14)26-23(30)17-5-3-4-6-18(17)25-24(26)31-13-22(29)16-8-10-20(27)21(28)12-16/h3-12,27-28H,13H2,1-2H3. The summed E-state index contributed by atoms with van der Waals surface area (Å²) in [7, 11) is 0. The minimum Gasteiger partial charge on any atom is -0.504 e. The highest BCUT2D eigenvalue weighted by atomic mass is 32.2. The van der Waals surface area contributed by atoms with Crippen molar-refractivity contribution in [3.05, 3.63) is 87.7 Å². The van der Waals surface area contributed by atoms with Gasteiger partial charge in [-0.15, -0.1) is 0 Å². The van der Waals surface area contributed by atoms with Crippen LogP contribution in [0.2, 0.25) is 0 Å². The van der Waals surface area contributed by atoms with E-state index in [4.69, 9.17) is 0 Å². The van der Waals surface area contributed by atoms with Crippen LogP contribution in [0.3, 0.4) is 0 Å². The number of hydrogen-bond donors (Lipinski definition) is 2. The van der Waals surface area contributed by atoms with E-state index in [1.165, 1.54) is 18.2 Å². The molecule has 0 atom stereocenters. The number of benzene rings is 3. The van der Waals surface area contributed by atoms with Crippen LogP contribution >= 0.6 is 11.8 Å². The lowest BCUT2D eigenvalue weighted by atomic mass is 10.1. The number of phenolic OH excluding ortho intramolecular Hbond substituents is 2. The summed E-state index contributed by atoms with van der Waals surface area (Å²) in [6, 6.07) is 16.9. The Hall–Kier alpha value is -3.58. The molecule has 4 aromatic rings. The molecule has 0 fully saturated rings. The van der Waals surface area contributed by atoms with Crippen molar-refractivity contribution in [1.82, 2.24) is 9.55 Å². The number of fused-ring (bicyclic) bond motifs is 1. The van der Waals surface area contributed by atoms with Gasteiger partial charge in [-0.25, -0.2) is 4.98 Å². The third kappa shape index (κ3) is 4.04. The Morgan fingerprint density at radius 3 is 2.52 bits per heavy atom. The van der Waals surface area contributed by atoms with Crippen LogP contribution in [0.5, 0.6) is 11.5 Å². The first kappa shape index (κ1) is 20.7. The van der Waals surface area contributed by atoms with Crippen LogP contribution in [-0.4, -0.2) is 31.3 Å². The van der Waals surface area contributed by atoms with Gasteiger partial charge in [0.2, 0.25) is 0 Å². The van der Waals surface area contributed by atoms with Crippen molar-refractivity contribution in [2.75, 3.05) is 5.75 Å². The average molecular weight is 433 g/mol. The van der Waals surface area contributed by atoms with Gasteiger partial charge in [0.15, 0.2) is 22.4 Å². The lowest BCUT2D eigenvalue weighted by Gasteiger charge is -2.15. The van der Waals surface area contributed by atoms with Gasteiger partial charge in [0.25, 0.3) is 5.56 Å². The highest BCUT2D eigenvalue weighted by molar-refractivity contribution is 7.99. The third-order valence-corrected chi connectivity index (χ3v) is 5.91. The van der Waals surface area contributed by atoms with Crippen molar-refractivity contribution < 1.29 is 15.0 Å². The maximum absolute atomic E-state index is 13.3. The first-order valence-electron chi connectivity index (χ1n) is 9.62. The Kier molecular flexibility index (Phi) is 5.52. The van der Waals surface area contributed by atoms with Gasteiger partial charge in [-0.05, 0) is 55.8 Å². The number of hydrogen-bond acceptors (Lipinski definition) is 6. The first-order valence-corrected chi connectivity index (χ1v) is 10.6. The summed E-state index contributed by atoms with van der Waals surface area (Å²) in [5.74, 6) is -0.884. The Balaban J connectivity index is 1.78. The second-order valence-corrected chi connectivity index (χ2v) is 8.20. The Bertz CT molecular complexity index is 1380. The summed E-state index contributed by atoms with van der Waals surface area (Å²) >= 11 is 1.15. The first-order chi connectivity index (χ1) is 14.8. The number of carbonyl (C=O) groups is 1. The molecule has 0 aliphatic carbocycles. The molecule has 0 aliphatic rings. The van der Waals surface area contributed by atoms with Crippen molar-refractivity contribution in [3.63, 3.8) is 0 Å². The maximum Gasteiger partial charge on any atom is 0.266 e. The Labute approximate surface area is 182 Å². The molecule has 6 nitrogen and oxygen atoms in total. The molecule has 31 heavy (non-hydrogen) atoms. The zero-order valence-electron chi connectivity index (χ0n) is 17.0. The Morgan fingerprint density at radius 2 is 1.77 bits per heavy atom. The SMILES string of the molecule is Cc1ccc(-n2c(SCC(=O)c3ccc(O)c(O)c3)nc3ccccc3c2=O)c(C)c1. The number of phenols is 2. The van der Waals surface area contributed by atoms with Gasteiger partial charge in [0.1, 0.15) is 0 Å². The molecule has 0 saturated heterocycles. The molecular formula is C24H20N2O4S. The minimum atomic E-state index is -0.355. The molecule has 4 rings (SSSR count). The second kappa shape index (κ2) is 8.28. The fourth-order valence-electron chi connectivity index (χ4n) is 3.39. The molecule has 2 N–H and O–H groups in total. The van der Waals surface area contributed by atoms with Crippen molar-refractivity contribution in [1.29, 1.82) is 0 Å². The van der Waals surface area contributed by atoms with E-state index in [1.807, 2.05) is 38.1 Å². The predicted octanol–water partition coefficient (Wildman–Crippen LogP) is 4.39. The van der Waals surface area contributed by atoms with Crippen molar-refractivity contribution in [3.8, 4) is 17.2 Å². The van der Waals surface area contributed by atoms with Crippen LogP contribution in [0.15, 0.2) is 70.6 Å². The molecule has 1 aromatic heterocycles. The van der Waals surface area contributed by atoms with Crippen molar-refractivity contribution in [2.45, 2.75) is 19.0 Å². The second-order valence-electron chi connectivity index (χ2n) is 7.26. The topological polar surface area (TPSA) is 92.4 Å². The van der Waals surface area contributed by atoms with Crippen molar-refractivity contribution >= 4 is 28.4 Å². The number of Topliss-reactive ketones (excluding diaryl/α,β-unsaturated/α-hetero) is 1. The van der Waals surface area contributed by atoms with Gasteiger partial charge in [-0.1, -0.05) is 41.6 Å². The van der Waals surface area contributed by atoms with Crippen LogP contribution in [0.1, 0.15) is 21.5 Å². The zero-order valence-corrected chi connectivity index (χ0v) is 17.8. The largest absolute Gasteiger partial charge is 0.504 e. The van der Waals surface area contributed by atoms with Crippen LogP contribution in [-0.2, 0) is 0 Å². The number of aryl methyl sites for hydroxylation is 2. The quantitative estimate of drug-likeness (QED) is 0.210. The van der Waals surface area contributed by atoms with Gasteiger partial charge in [-0.3, -0.25) is 14.2 Å². The number of aromatic hydroxyl groups is 2. The van der Waals surface area contributed by atoms with Gasteiger partial charge >= 0.3 is 0 Å². The average Bonchev–Trinajstić information content (AvgIpc) is 2.75. The van der Waals surface area contributed by atoms with Gasteiger partial charge in [0, 0.05) is 5.56 Å². The monoisotopic (exact) mass is 432 g/mol. The number of para-hydroxylation sites is 1. The molecule has 0 unspecified atom stereocenters. The number of carbonyl (C=O) groups excluding carboxylic acids is 1. The molecule has 0 radical (unpaired) electrons. The number of aromatic nitrogens is 2. The van der Waals surface area contributed by atoms with Crippen LogP contribution < -0.4 is 5.56 Å². The van der Waals surface area contributed by atoms with Crippen LogP contribution in [0.4, 0.5) is 0 Å². The molecule has 0 spiro atoms. The number of thioether (sulfide) groups is 1. The summed E-state index contributed by atoms with van der Waals surface area (Å²) in [5, 5.41) is 20.0. The summed E-state index contributed by atoms with van der Waals surface area (Å²) in [4.78, 5) is 30.7. The summed E-state index contributed by atoms with van der Waals surface area (Å²) in [6.07, 6.45) is 0. The van der Waals surface area contributed by atoms with E-state index >= 15 is 0 Å². The van der Waals surface area contributed by atoms with Crippen molar-refractivity contribution in [2.24, 2.45) is 0 Å². The number of ketones is 1. The molecule has 0 saturated carbocycles. The van der Waals surface area contributed by atoms with Gasteiger partial charge < -0.3 is 10.2 Å². The van der Waals surface area contributed by atoms with E-state index < -0.39 is 0 Å². The van der Waals surface area contributed by atoms with Crippen LogP contribution in [0, 0.1) is 13.8 Å². The molecule has 156 valence electrons. The maximum atomic E-state index is 13.3. The molecular weight excluding hydrogens is 412 g/mol. The fraction of sp³-hybridized carbons (Fsp3) is 0.125. The van der Waals surface area contributed by atoms with E-state index in [2.05, 4.69) is 4.98 Å². The van der Waals surface area contributed by atoms with E-state index in [1.54, 1.807) is 22.8 Å². The predicted molar refractivity (Wildman–Crippen MR) is 122 cm³/mol. The lowest BCUT2D eigenvalue weighted by Crippen LogP contribution is -2.23. The smallest absolute Gasteiger partial charge is 0.266 e. The van der Waals surface area contributed by atoms with E-state index in [9.17, 15) is 19.8 Å². The molecule has 7 heteroatoms. The minimum absolute atomic E-state index is 0.0138. The zero-order chi connectivity index (χ0) is 22.1. The highest BCUT2D eigenvalue weighted by Crippen LogP contribution is 2.27. The summed E-state index contributed by atoms with van der Waals surface area (Å²) < 4.78 is 1.54. The third-order valence-electron chi connectivity index (χ3n) is 4.97. The fourth-order valence-corrected chi connectivity index (χ4v) is 4.29. The van der Waals surface area contributed by atoms with Gasteiger partial charge in [-0.2, -0.15) is 0 Å². The number of nitrogens with zero attached hydrogens (tertiary/aromatic N) is 2. The van der Waals surface area contributed by atoms with E-state index in [0.717, 1.165) is 22.9 Å². The molecule has 0 bridgehead atoms. The highest BCUT2D eigenvalue weighted by Gasteiger charge is 2.17. The lowest BCUT2D eigenvalue weighted by molar-refractivity contribution is 0.102. The van der Waals surface area contributed by atoms with Gasteiger partial charge in [0.05, 0.1) is 22.3 Å². The van der Waals surface area contributed by atoms with Crippen LogP contribution in [0.25, 0.3) is 16.6 Å². The normalized spacial score (nSPS) is 11.0. The molecule has 3 aromatic carbocycles. The van der Waals surface area contributed by atoms with E-state index in [0.29, 0.717) is 21.7 Å². The Morgan fingerprint density at radius 1 is 1.00 bits per heavy atom. The molecule has 0 aliphatic heterocycles. The molecule has 0 amide bonds. The molecule has 1 heterocycles.